The Morgan fingerprint density at radius 3 is 2.74 bits per heavy atom. The molecule has 0 bridgehead atoms. The summed E-state index contributed by atoms with van der Waals surface area (Å²) in [5.41, 5.74) is 1.35. The van der Waals surface area contributed by atoms with E-state index in [0.29, 0.717) is 37.5 Å². The number of hydrogen-bond acceptors (Lipinski definition) is 4. The molecule has 6 heteroatoms. The van der Waals surface area contributed by atoms with Crippen molar-refractivity contribution in [3.8, 4) is 0 Å². The summed E-state index contributed by atoms with van der Waals surface area (Å²) in [5.74, 6) is 1.50. The van der Waals surface area contributed by atoms with Crippen molar-refractivity contribution in [3.63, 3.8) is 0 Å². The molecular formula is C17H25FN4O. The van der Waals surface area contributed by atoms with Crippen molar-refractivity contribution in [2.24, 2.45) is 4.99 Å². The third-order valence-electron chi connectivity index (χ3n) is 3.96. The van der Waals surface area contributed by atoms with E-state index >= 15 is 0 Å². The van der Waals surface area contributed by atoms with Gasteiger partial charge in [0.2, 0.25) is 0 Å². The predicted molar refractivity (Wildman–Crippen MR) is 91.6 cm³/mol. The summed E-state index contributed by atoms with van der Waals surface area (Å²) in [6.45, 7) is 2.59. The van der Waals surface area contributed by atoms with Crippen LogP contribution in [-0.2, 0) is 4.74 Å². The quantitative estimate of drug-likeness (QED) is 0.389. The van der Waals surface area contributed by atoms with Crippen LogP contribution in [0.25, 0.3) is 0 Å². The number of alkyl halides is 1. The molecule has 0 aromatic rings. The number of likely N-dealkylation sites (tertiary alicyclic amines) is 1. The Kier molecular flexibility index (Phi) is 6.97. The van der Waals surface area contributed by atoms with Crippen molar-refractivity contribution in [2.75, 3.05) is 32.9 Å². The fraction of sp³-hybridized carbons (Fsp3) is 0.588. The number of amidine groups is 1. The molecule has 2 aliphatic rings. The van der Waals surface area contributed by atoms with E-state index in [-0.39, 0.29) is 6.67 Å². The molecule has 1 fully saturated rings. The second-order valence-corrected chi connectivity index (χ2v) is 5.70. The Balaban J connectivity index is 1.70. The van der Waals surface area contributed by atoms with Gasteiger partial charge in [0.1, 0.15) is 0 Å². The minimum atomic E-state index is -0.356. The first-order chi connectivity index (χ1) is 11.2. The van der Waals surface area contributed by atoms with Crippen LogP contribution in [0.4, 0.5) is 4.39 Å². The number of aliphatic imine (C=N–C) groups is 1. The first-order valence-corrected chi connectivity index (χ1v) is 8.20. The zero-order valence-corrected chi connectivity index (χ0v) is 13.5. The lowest BCUT2D eigenvalue weighted by Crippen LogP contribution is -2.41. The Morgan fingerprint density at radius 2 is 2.13 bits per heavy atom. The number of halogens is 1. The number of ether oxygens (including phenoxy) is 1. The van der Waals surface area contributed by atoms with Crippen molar-refractivity contribution in [1.82, 2.24) is 4.90 Å². The molecule has 0 unspecified atom stereocenters. The summed E-state index contributed by atoms with van der Waals surface area (Å²) in [6.07, 6.45) is 9.04. The van der Waals surface area contributed by atoms with Crippen LogP contribution in [0, 0.1) is 10.8 Å². The number of rotatable bonds is 9. The summed E-state index contributed by atoms with van der Waals surface area (Å²) >= 11 is 0. The minimum Gasteiger partial charge on any atom is -0.498 e. The number of allylic oxidation sites excluding steroid dienone is 4. The second kappa shape index (κ2) is 9.22. The first kappa shape index (κ1) is 17.4. The normalized spacial score (nSPS) is 17.5. The molecule has 0 radical (unpaired) electrons. The van der Waals surface area contributed by atoms with E-state index < -0.39 is 0 Å². The minimum absolute atomic E-state index is 0.356. The van der Waals surface area contributed by atoms with Crippen molar-refractivity contribution in [3.05, 3.63) is 23.5 Å². The molecule has 2 N–H and O–H groups in total. The van der Waals surface area contributed by atoms with Crippen LogP contribution in [0.1, 0.15) is 32.1 Å². The van der Waals surface area contributed by atoms with Gasteiger partial charge in [-0.15, -0.1) is 0 Å². The molecule has 0 amide bonds. The lowest BCUT2D eigenvalue weighted by molar-refractivity contribution is 0.189. The van der Waals surface area contributed by atoms with Crippen molar-refractivity contribution in [2.45, 2.75) is 32.1 Å². The van der Waals surface area contributed by atoms with Crippen LogP contribution in [-0.4, -0.2) is 55.6 Å². The van der Waals surface area contributed by atoms with Crippen LogP contribution >= 0.6 is 0 Å². The predicted octanol–water partition coefficient (Wildman–Crippen LogP) is 3.13. The van der Waals surface area contributed by atoms with E-state index in [1.165, 1.54) is 6.42 Å². The molecule has 1 heterocycles. The van der Waals surface area contributed by atoms with E-state index in [2.05, 4.69) is 9.89 Å². The van der Waals surface area contributed by atoms with E-state index in [0.717, 1.165) is 37.3 Å². The third kappa shape index (κ3) is 5.62. The molecule has 23 heavy (non-hydrogen) atoms. The topological polar surface area (TPSA) is 72.5 Å². The number of hydrogen-bond donors (Lipinski definition) is 2. The largest absolute Gasteiger partial charge is 0.498 e. The summed E-state index contributed by atoms with van der Waals surface area (Å²) in [7, 11) is 0. The number of nitrogens with zero attached hydrogens (tertiary/aromatic N) is 2. The van der Waals surface area contributed by atoms with Gasteiger partial charge in [-0.3, -0.25) is 20.2 Å². The van der Waals surface area contributed by atoms with Crippen LogP contribution < -0.4 is 0 Å². The molecule has 1 saturated heterocycles. The number of nitrogens with one attached hydrogen (secondary N) is 2. The van der Waals surface area contributed by atoms with Crippen LogP contribution in [0.15, 0.2) is 28.5 Å². The highest BCUT2D eigenvalue weighted by Crippen LogP contribution is 2.19. The maximum atomic E-state index is 12.0. The fourth-order valence-electron chi connectivity index (χ4n) is 2.37. The van der Waals surface area contributed by atoms with Crippen LogP contribution in [0.3, 0.4) is 0 Å². The molecule has 0 saturated carbocycles. The maximum Gasteiger partial charge on any atom is 0.0976 e. The van der Waals surface area contributed by atoms with Gasteiger partial charge in [-0.05, 0) is 24.5 Å². The standard InChI is InChI=1S/C17H25FN4O/c18-8-1-12-23-15-5-3-14(4-6-15)16(19)13-21-9-7-17(20)22-10-2-11-22/h3,5,13,19-20H,1-2,4,6-12H2. The first-order valence-electron chi connectivity index (χ1n) is 8.20. The Hall–Kier alpha value is -1.98. The zero-order chi connectivity index (χ0) is 16.5. The van der Waals surface area contributed by atoms with E-state index in [1.54, 1.807) is 6.21 Å². The highest BCUT2D eigenvalue weighted by Gasteiger charge is 2.16. The van der Waals surface area contributed by atoms with E-state index in [1.807, 2.05) is 12.2 Å². The van der Waals surface area contributed by atoms with Gasteiger partial charge in [0.25, 0.3) is 0 Å². The SMILES string of the molecule is N=C(C=NCCC(=N)N1CCC1)C1=CC=C(OCCCF)CC1. The van der Waals surface area contributed by atoms with Gasteiger partial charge in [-0.2, -0.15) is 0 Å². The Labute approximate surface area is 136 Å². The Bertz CT molecular complexity index is 521. The second-order valence-electron chi connectivity index (χ2n) is 5.70. The van der Waals surface area contributed by atoms with Gasteiger partial charge >= 0.3 is 0 Å². The van der Waals surface area contributed by atoms with Gasteiger partial charge < -0.3 is 9.64 Å². The van der Waals surface area contributed by atoms with Gasteiger partial charge in [-0.25, -0.2) is 0 Å². The molecule has 1 aliphatic heterocycles. The van der Waals surface area contributed by atoms with Crippen LogP contribution in [0.2, 0.25) is 0 Å². The van der Waals surface area contributed by atoms with Crippen molar-refractivity contribution >= 4 is 17.8 Å². The molecule has 5 nitrogen and oxygen atoms in total. The average molecular weight is 320 g/mol. The van der Waals surface area contributed by atoms with Gasteiger partial charge in [0.15, 0.2) is 0 Å². The summed E-state index contributed by atoms with van der Waals surface area (Å²) < 4.78 is 17.5. The molecule has 0 aromatic heterocycles. The zero-order valence-electron chi connectivity index (χ0n) is 13.5. The highest BCUT2D eigenvalue weighted by atomic mass is 19.1. The lowest BCUT2D eigenvalue weighted by Gasteiger charge is -2.33. The fourth-order valence-corrected chi connectivity index (χ4v) is 2.37. The van der Waals surface area contributed by atoms with Gasteiger partial charge in [-0.1, -0.05) is 6.08 Å². The third-order valence-corrected chi connectivity index (χ3v) is 3.96. The maximum absolute atomic E-state index is 12.0. The molecule has 2 rings (SSSR count). The lowest BCUT2D eigenvalue weighted by atomic mass is 10.00. The molecule has 1 aliphatic carbocycles. The average Bonchev–Trinajstić information content (AvgIpc) is 2.50. The van der Waals surface area contributed by atoms with Crippen LogP contribution in [0.5, 0.6) is 0 Å². The Morgan fingerprint density at radius 1 is 1.30 bits per heavy atom. The molecule has 0 spiro atoms. The monoisotopic (exact) mass is 320 g/mol. The van der Waals surface area contributed by atoms with Crippen molar-refractivity contribution < 1.29 is 9.13 Å². The molecule has 0 aromatic carbocycles. The molecular weight excluding hydrogens is 295 g/mol. The van der Waals surface area contributed by atoms with E-state index in [4.69, 9.17) is 15.6 Å². The van der Waals surface area contributed by atoms with Gasteiger partial charge in [0, 0.05) is 45.1 Å². The summed E-state index contributed by atoms with van der Waals surface area (Å²) in [4.78, 5) is 6.31. The summed E-state index contributed by atoms with van der Waals surface area (Å²) in [5, 5.41) is 15.9. The smallest absolute Gasteiger partial charge is 0.0976 e. The van der Waals surface area contributed by atoms with E-state index in [9.17, 15) is 4.39 Å². The van der Waals surface area contributed by atoms with Gasteiger partial charge in [0.05, 0.1) is 30.6 Å². The highest BCUT2D eigenvalue weighted by molar-refractivity contribution is 6.36. The molecule has 0 atom stereocenters. The van der Waals surface area contributed by atoms with Crippen molar-refractivity contribution in [1.29, 1.82) is 10.8 Å². The summed E-state index contributed by atoms with van der Waals surface area (Å²) in [6, 6.07) is 0. The molecule has 126 valence electrons.